The first-order valence-corrected chi connectivity index (χ1v) is 5.75. The first kappa shape index (κ1) is 14.4. The minimum Gasteiger partial charge on any atom is -0.479 e. The molecule has 1 aromatic carbocycles. The average Bonchev–Trinajstić information content (AvgIpc) is 2.34. The summed E-state index contributed by atoms with van der Waals surface area (Å²) in [5.41, 5.74) is 0.0674. The Kier molecular flexibility index (Phi) is 5.06. The third-order valence-electron chi connectivity index (χ3n) is 2.47. The van der Waals surface area contributed by atoms with Crippen molar-refractivity contribution >= 4 is 23.3 Å². The van der Waals surface area contributed by atoms with Gasteiger partial charge in [0.15, 0.2) is 6.10 Å². The standard InChI is InChI=1S/C11H12ClNO5/c12-6-2-4-7-8(10(14)11(15)16)3-1-5-9(7)13(17)18/h1,3,5,10,14H,2,4,6H2,(H,15,16). The average molecular weight is 274 g/mol. The van der Waals surface area contributed by atoms with E-state index in [2.05, 4.69) is 0 Å². The van der Waals surface area contributed by atoms with Gasteiger partial charge in [-0.2, -0.15) is 0 Å². The number of nitrogens with zero attached hydrogens (tertiary/aromatic N) is 1. The highest BCUT2D eigenvalue weighted by Gasteiger charge is 2.25. The van der Waals surface area contributed by atoms with Gasteiger partial charge in [-0.25, -0.2) is 4.79 Å². The fourth-order valence-corrected chi connectivity index (χ4v) is 1.80. The third-order valence-corrected chi connectivity index (χ3v) is 2.74. The maximum absolute atomic E-state index is 10.9. The monoisotopic (exact) mass is 273 g/mol. The van der Waals surface area contributed by atoms with Crippen molar-refractivity contribution in [2.24, 2.45) is 0 Å². The zero-order valence-corrected chi connectivity index (χ0v) is 10.1. The van der Waals surface area contributed by atoms with Crippen molar-refractivity contribution in [2.45, 2.75) is 18.9 Å². The van der Waals surface area contributed by atoms with E-state index in [1.807, 2.05) is 0 Å². The minimum absolute atomic E-state index is 0.0433. The van der Waals surface area contributed by atoms with Crippen LogP contribution in [0.5, 0.6) is 0 Å². The van der Waals surface area contributed by atoms with Crippen molar-refractivity contribution in [3.63, 3.8) is 0 Å². The molecule has 2 N–H and O–H groups in total. The van der Waals surface area contributed by atoms with Gasteiger partial charge in [0, 0.05) is 23.1 Å². The molecule has 6 nitrogen and oxygen atoms in total. The lowest BCUT2D eigenvalue weighted by Crippen LogP contribution is -2.14. The summed E-state index contributed by atoms with van der Waals surface area (Å²) in [7, 11) is 0. The first-order valence-electron chi connectivity index (χ1n) is 5.22. The van der Waals surface area contributed by atoms with Crippen LogP contribution in [0.3, 0.4) is 0 Å². The van der Waals surface area contributed by atoms with Gasteiger partial charge < -0.3 is 10.2 Å². The molecular weight excluding hydrogens is 262 g/mol. The summed E-state index contributed by atoms with van der Waals surface area (Å²) >= 11 is 5.53. The van der Waals surface area contributed by atoms with Crippen molar-refractivity contribution in [3.05, 3.63) is 39.4 Å². The maximum atomic E-state index is 10.9. The zero-order chi connectivity index (χ0) is 13.7. The summed E-state index contributed by atoms with van der Waals surface area (Å²) in [4.78, 5) is 21.0. The molecule has 0 bridgehead atoms. The van der Waals surface area contributed by atoms with E-state index < -0.39 is 17.0 Å². The van der Waals surface area contributed by atoms with Crippen LogP contribution < -0.4 is 0 Å². The number of carboxylic acid groups (broad SMARTS) is 1. The van der Waals surface area contributed by atoms with Crippen molar-refractivity contribution in [1.82, 2.24) is 0 Å². The van der Waals surface area contributed by atoms with Crippen LogP contribution in [0.2, 0.25) is 0 Å². The van der Waals surface area contributed by atoms with Gasteiger partial charge in [0.2, 0.25) is 0 Å². The molecule has 0 spiro atoms. The van der Waals surface area contributed by atoms with Gasteiger partial charge >= 0.3 is 5.97 Å². The number of hydrogen-bond acceptors (Lipinski definition) is 4. The highest BCUT2D eigenvalue weighted by atomic mass is 35.5. The zero-order valence-electron chi connectivity index (χ0n) is 9.38. The van der Waals surface area contributed by atoms with E-state index in [1.165, 1.54) is 18.2 Å². The number of hydrogen-bond donors (Lipinski definition) is 2. The quantitative estimate of drug-likeness (QED) is 0.468. The third kappa shape index (κ3) is 3.18. The Morgan fingerprint density at radius 3 is 2.67 bits per heavy atom. The normalized spacial score (nSPS) is 12.1. The first-order chi connectivity index (χ1) is 8.49. The number of rotatable bonds is 6. The molecule has 1 aromatic rings. The van der Waals surface area contributed by atoms with Crippen LogP contribution in [-0.2, 0) is 11.2 Å². The highest BCUT2D eigenvalue weighted by molar-refractivity contribution is 6.17. The highest BCUT2D eigenvalue weighted by Crippen LogP contribution is 2.28. The molecule has 0 saturated heterocycles. The molecule has 0 aliphatic carbocycles. The fourth-order valence-electron chi connectivity index (χ4n) is 1.67. The summed E-state index contributed by atoms with van der Waals surface area (Å²) in [6.45, 7) is 0. The summed E-state index contributed by atoms with van der Waals surface area (Å²) in [6.07, 6.45) is -1.05. The molecule has 0 fully saturated rings. The lowest BCUT2D eigenvalue weighted by molar-refractivity contribution is -0.385. The minimum atomic E-state index is -1.77. The number of aliphatic hydroxyl groups excluding tert-OH is 1. The number of aliphatic hydroxyl groups is 1. The molecule has 0 saturated carbocycles. The lowest BCUT2D eigenvalue weighted by Gasteiger charge is -2.12. The predicted octanol–water partition coefficient (Wildman–Crippen LogP) is 1.88. The number of halogens is 1. The molecular formula is C11H12ClNO5. The molecule has 1 rings (SSSR count). The van der Waals surface area contributed by atoms with Gasteiger partial charge in [0.05, 0.1) is 4.92 Å². The van der Waals surface area contributed by atoms with E-state index in [9.17, 15) is 20.0 Å². The molecule has 98 valence electrons. The fraction of sp³-hybridized carbons (Fsp3) is 0.364. The van der Waals surface area contributed by atoms with Gasteiger partial charge in [0.1, 0.15) is 0 Å². The second-order valence-corrected chi connectivity index (χ2v) is 4.01. The Balaban J connectivity index is 3.27. The predicted molar refractivity (Wildman–Crippen MR) is 64.7 cm³/mol. The van der Waals surface area contributed by atoms with Crippen LogP contribution in [0.15, 0.2) is 18.2 Å². The number of alkyl halides is 1. The SMILES string of the molecule is O=C(O)C(O)c1cccc([N+](=O)[O-])c1CCCCl. The van der Waals surface area contributed by atoms with Crippen LogP contribution >= 0.6 is 11.6 Å². The smallest absolute Gasteiger partial charge is 0.337 e. The van der Waals surface area contributed by atoms with E-state index in [4.69, 9.17) is 16.7 Å². The molecule has 0 amide bonds. The van der Waals surface area contributed by atoms with Crippen LogP contribution in [0.1, 0.15) is 23.7 Å². The van der Waals surface area contributed by atoms with Gasteiger partial charge in [0.25, 0.3) is 5.69 Å². The van der Waals surface area contributed by atoms with Gasteiger partial charge in [-0.15, -0.1) is 11.6 Å². The van der Waals surface area contributed by atoms with Gasteiger partial charge in [-0.3, -0.25) is 10.1 Å². The van der Waals surface area contributed by atoms with Crippen LogP contribution in [0.25, 0.3) is 0 Å². The maximum Gasteiger partial charge on any atom is 0.337 e. The summed E-state index contributed by atoms with van der Waals surface area (Å²) in [5, 5.41) is 29.2. The van der Waals surface area contributed by atoms with E-state index >= 15 is 0 Å². The number of nitro benzene ring substituents is 1. The molecule has 1 atom stereocenters. The van der Waals surface area contributed by atoms with E-state index in [-0.39, 0.29) is 23.2 Å². The second kappa shape index (κ2) is 6.32. The summed E-state index contributed by atoms with van der Waals surface area (Å²) in [5.74, 6) is -1.14. The Morgan fingerprint density at radius 2 is 2.17 bits per heavy atom. The largest absolute Gasteiger partial charge is 0.479 e. The Hall–Kier alpha value is -1.66. The molecule has 0 aliphatic heterocycles. The van der Waals surface area contributed by atoms with Crippen LogP contribution in [0.4, 0.5) is 5.69 Å². The second-order valence-electron chi connectivity index (χ2n) is 3.64. The van der Waals surface area contributed by atoms with Crippen LogP contribution in [0, 0.1) is 10.1 Å². The lowest BCUT2D eigenvalue weighted by atomic mass is 9.97. The molecule has 0 radical (unpaired) electrons. The van der Waals surface area contributed by atoms with Crippen molar-refractivity contribution in [3.8, 4) is 0 Å². The summed E-state index contributed by atoms with van der Waals surface area (Å²) < 4.78 is 0. The number of benzene rings is 1. The van der Waals surface area contributed by atoms with Crippen molar-refractivity contribution < 1.29 is 19.9 Å². The molecule has 0 aliphatic rings. The van der Waals surface area contributed by atoms with Gasteiger partial charge in [-0.1, -0.05) is 12.1 Å². The molecule has 0 aromatic heterocycles. The Bertz CT molecular complexity index is 463. The number of carboxylic acids is 1. The molecule has 1 unspecified atom stereocenters. The molecule has 0 heterocycles. The number of aliphatic carboxylic acids is 1. The molecule has 18 heavy (non-hydrogen) atoms. The van der Waals surface area contributed by atoms with Crippen molar-refractivity contribution in [2.75, 3.05) is 5.88 Å². The van der Waals surface area contributed by atoms with E-state index in [0.29, 0.717) is 12.3 Å². The number of carbonyl (C=O) groups is 1. The topological polar surface area (TPSA) is 101 Å². The Labute approximate surface area is 108 Å². The summed E-state index contributed by atoms with van der Waals surface area (Å²) in [6, 6.07) is 4.00. The van der Waals surface area contributed by atoms with Crippen LogP contribution in [-0.4, -0.2) is 27.0 Å². The van der Waals surface area contributed by atoms with Gasteiger partial charge in [-0.05, 0) is 12.8 Å². The van der Waals surface area contributed by atoms with E-state index in [1.54, 1.807) is 0 Å². The van der Waals surface area contributed by atoms with E-state index in [0.717, 1.165) is 0 Å². The van der Waals surface area contributed by atoms with Crippen molar-refractivity contribution in [1.29, 1.82) is 0 Å². The Morgan fingerprint density at radius 1 is 1.50 bits per heavy atom. The number of nitro groups is 1. The molecule has 7 heteroatoms.